The molecule has 1 aromatic heterocycles. The van der Waals surface area contributed by atoms with E-state index in [1.165, 1.54) is 0 Å². The number of hydrogen-bond donors (Lipinski definition) is 1. The Hall–Kier alpha value is -2.71. The maximum atomic E-state index is 13.2. The van der Waals surface area contributed by atoms with E-state index < -0.39 is 5.92 Å². The third-order valence-electron chi connectivity index (χ3n) is 4.73. The molecule has 2 heterocycles. The van der Waals surface area contributed by atoms with E-state index in [-0.39, 0.29) is 23.1 Å². The van der Waals surface area contributed by atoms with Crippen LogP contribution >= 0.6 is 11.6 Å². The number of nitrogens with zero attached hydrogens (tertiary/aromatic N) is 2. The summed E-state index contributed by atoms with van der Waals surface area (Å²) in [6, 6.07) is 11.3. The predicted octanol–water partition coefficient (Wildman–Crippen LogP) is 3.36. The quantitative estimate of drug-likeness (QED) is 0.897. The van der Waals surface area contributed by atoms with Gasteiger partial charge in [-0.2, -0.15) is 5.26 Å². The summed E-state index contributed by atoms with van der Waals surface area (Å²) in [5, 5.41) is 10.2. The highest BCUT2D eigenvalue weighted by Gasteiger charge is 2.36. The lowest BCUT2D eigenvalue weighted by Gasteiger charge is -2.27. The number of allylic oxidation sites excluding steroid dienone is 1. The van der Waals surface area contributed by atoms with Crippen LogP contribution in [0.4, 0.5) is 0 Å². The molecule has 1 atom stereocenters. The summed E-state index contributed by atoms with van der Waals surface area (Å²) in [5.74, 6) is -0.0853. The average Bonchev–Trinajstić information content (AvgIpc) is 3.39. The van der Waals surface area contributed by atoms with Gasteiger partial charge in [-0.3, -0.25) is 4.79 Å². The number of hydrogen-bond acceptors (Lipinski definition) is 4. The largest absolute Gasteiger partial charge is 0.440 e. The summed E-state index contributed by atoms with van der Waals surface area (Å²) < 4.78 is 7.43. The van der Waals surface area contributed by atoms with Crippen LogP contribution in [-0.2, 0) is 0 Å². The van der Waals surface area contributed by atoms with Gasteiger partial charge in [-0.1, -0.05) is 23.7 Å². The molecule has 6 heteroatoms. The fraction of sp³-hybridized carbons (Fsp3) is 0.263. The summed E-state index contributed by atoms with van der Waals surface area (Å²) in [6.07, 6.45) is 1.99. The van der Waals surface area contributed by atoms with E-state index in [9.17, 15) is 10.1 Å². The summed E-state index contributed by atoms with van der Waals surface area (Å²) in [7, 11) is 0. The van der Waals surface area contributed by atoms with E-state index in [0.29, 0.717) is 16.3 Å². The molecule has 2 N–H and O–H groups in total. The summed E-state index contributed by atoms with van der Waals surface area (Å²) in [6.45, 7) is 1.89. The number of nitrogens with two attached hydrogens (primary N) is 1. The van der Waals surface area contributed by atoms with Crippen molar-refractivity contribution in [3.05, 3.63) is 74.0 Å². The van der Waals surface area contributed by atoms with Crippen LogP contribution in [0.1, 0.15) is 41.6 Å². The van der Waals surface area contributed by atoms with Crippen molar-refractivity contribution in [1.82, 2.24) is 4.57 Å². The highest BCUT2D eigenvalue weighted by molar-refractivity contribution is 6.30. The van der Waals surface area contributed by atoms with Gasteiger partial charge in [0.05, 0.1) is 11.5 Å². The molecule has 0 amide bonds. The Morgan fingerprint density at radius 3 is 2.60 bits per heavy atom. The van der Waals surface area contributed by atoms with Crippen molar-refractivity contribution >= 4 is 11.6 Å². The molecular formula is C19H16ClN3O2. The maximum absolute atomic E-state index is 13.2. The standard InChI is InChI=1S/C19H16ClN3O2/c1-10-8-15-17(19(24)23(10)13-6-7-13)16(14(9-21)18(22)25-15)11-2-4-12(20)5-3-11/h2-5,8,13,16H,6-7,22H2,1H3. The molecule has 126 valence electrons. The summed E-state index contributed by atoms with van der Waals surface area (Å²) >= 11 is 5.98. The van der Waals surface area contributed by atoms with E-state index in [1.807, 2.05) is 29.7 Å². The van der Waals surface area contributed by atoms with Crippen LogP contribution in [0.5, 0.6) is 5.75 Å². The fourth-order valence-electron chi connectivity index (χ4n) is 3.44. The van der Waals surface area contributed by atoms with Crippen molar-refractivity contribution in [2.45, 2.75) is 31.7 Å². The van der Waals surface area contributed by atoms with E-state index in [0.717, 1.165) is 24.1 Å². The van der Waals surface area contributed by atoms with Crippen LogP contribution in [0.25, 0.3) is 0 Å². The van der Waals surface area contributed by atoms with Crippen molar-refractivity contribution in [2.24, 2.45) is 5.73 Å². The molecule has 2 aliphatic rings. The molecular weight excluding hydrogens is 338 g/mol. The van der Waals surface area contributed by atoms with Crippen molar-refractivity contribution < 1.29 is 4.74 Å². The molecule has 4 rings (SSSR count). The van der Waals surface area contributed by atoms with Gasteiger partial charge in [-0.15, -0.1) is 0 Å². The lowest BCUT2D eigenvalue weighted by Crippen LogP contribution is -2.32. The average molecular weight is 354 g/mol. The topological polar surface area (TPSA) is 81.0 Å². The first-order chi connectivity index (χ1) is 12.0. The third-order valence-corrected chi connectivity index (χ3v) is 4.99. The molecule has 1 aliphatic carbocycles. The van der Waals surface area contributed by atoms with Gasteiger partial charge >= 0.3 is 0 Å². The zero-order valence-electron chi connectivity index (χ0n) is 13.6. The predicted molar refractivity (Wildman–Crippen MR) is 94.5 cm³/mol. The zero-order chi connectivity index (χ0) is 17.7. The molecule has 1 saturated carbocycles. The van der Waals surface area contributed by atoms with Crippen LogP contribution in [0, 0.1) is 18.3 Å². The normalized spacial score (nSPS) is 19.2. The zero-order valence-corrected chi connectivity index (χ0v) is 14.4. The van der Waals surface area contributed by atoms with Gasteiger partial charge in [0, 0.05) is 22.8 Å². The Bertz CT molecular complexity index is 995. The molecule has 1 fully saturated rings. The second kappa shape index (κ2) is 5.68. The molecule has 1 unspecified atom stereocenters. The second-order valence-electron chi connectivity index (χ2n) is 6.45. The van der Waals surface area contributed by atoms with Gasteiger partial charge < -0.3 is 15.0 Å². The van der Waals surface area contributed by atoms with Gasteiger partial charge in [-0.25, -0.2) is 0 Å². The molecule has 2 aromatic rings. The Labute approximate surface area is 149 Å². The Balaban J connectivity index is 2.00. The molecule has 25 heavy (non-hydrogen) atoms. The summed E-state index contributed by atoms with van der Waals surface area (Å²) in [5.41, 5.74) is 8.20. The Morgan fingerprint density at radius 2 is 2.00 bits per heavy atom. The molecule has 1 aromatic carbocycles. The van der Waals surface area contributed by atoms with Crippen LogP contribution in [0.3, 0.4) is 0 Å². The van der Waals surface area contributed by atoms with Crippen molar-refractivity contribution in [2.75, 3.05) is 0 Å². The number of nitriles is 1. The lowest BCUT2D eigenvalue weighted by molar-refractivity contribution is 0.388. The van der Waals surface area contributed by atoms with Crippen molar-refractivity contribution in [1.29, 1.82) is 5.26 Å². The van der Waals surface area contributed by atoms with Crippen LogP contribution in [-0.4, -0.2) is 4.57 Å². The molecule has 5 nitrogen and oxygen atoms in total. The fourth-order valence-corrected chi connectivity index (χ4v) is 3.56. The first kappa shape index (κ1) is 15.8. The number of benzene rings is 1. The molecule has 0 bridgehead atoms. The number of pyridine rings is 1. The third kappa shape index (κ3) is 2.50. The number of aromatic nitrogens is 1. The van der Waals surface area contributed by atoms with Crippen LogP contribution in [0.2, 0.25) is 5.02 Å². The minimum Gasteiger partial charge on any atom is -0.440 e. The molecule has 0 spiro atoms. The molecule has 0 radical (unpaired) electrons. The van der Waals surface area contributed by atoms with Gasteiger partial charge in [0.2, 0.25) is 5.88 Å². The number of rotatable bonds is 2. The minimum atomic E-state index is -0.552. The second-order valence-corrected chi connectivity index (χ2v) is 6.88. The first-order valence-electron chi connectivity index (χ1n) is 8.10. The van der Waals surface area contributed by atoms with Crippen molar-refractivity contribution in [3.8, 4) is 11.8 Å². The van der Waals surface area contributed by atoms with E-state index >= 15 is 0 Å². The number of aryl methyl sites for hydroxylation is 1. The Morgan fingerprint density at radius 1 is 1.32 bits per heavy atom. The monoisotopic (exact) mass is 353 g/mol. The highest BCUT2D eigenvalue weighted by Crippen LogP contribution is 2.42. The SMILES string of the molecule is Cc1cc2c(c(=O)n1C1CC1)C(c1ccc(Cl)cc1)C(C#N)=C(N)O2. The van der Waals surface area contributed by atoms with E-state index in [1.54, 1.807) is 12.1 Å². The van der Waals surface area contributed by atoms with Gasteiger partial charge in [0.25, 0.3) is 5.56 Å². The summed E-state index contributed by atoms with van der Waals surface area (Å²) in [4.78, 5) is 13.2. The molecule has 1 aliphatic heterocycles. The van der Waals surface area contributed by atoms with Gasteiger partial charge in [0.15, 0.2) is 0 Å². The smallest absolute Gasteiger partial charge is 0.258 e. The van der Waals surface area contributed by atoms with E-state index in [4.69, 9.17) is 22.1 Å². The highest BCUT2D eigenvalue weighted by atomic mass is 35.5. The van der Waals surface area contributed by atoms with Crippen LogP contribution < -0.4 is 16.0 Å². The van der Waals surface area contributed by atoms with E-state index in [2.05, 4.69) is 6.07 Å². The number of halogens is 1. The number of ether oxygens (including phenoxy) is 1. The number of fused-ring (bicyclic) bond motifs is 1. The van der Waals surface area contributed by atoms with Crippen LogP contribution in [0.15, 0.2) is 46.6 Å². The van der Waals surface area contributed by atoms with Gasteiger partial charge in [-0.05, 0) is 37.5 Å². The van der Waals surface area contributed by atoms with Crippen molar-refractivity contribution in [3.63, 3.8) is 0 Å². The first-order valence-corrected chi connectivity index (χ1v) is 8.48. The maximum Gasteiger partial charge on any atom is 0.258 e. The lowest BCUT2D eigenvalue weighted by atomic mass is 9.84. The molecule has 0 saturated heterocycles. The van der Waals surface area contributed by atoms with Gasteiger partial charge in [0.1, 0.15) is 17.4 Å². The Kier molecular flexibility index (Phi) is 3.59. The minimum absolute atomic E-state index is 0.0397.